The number of nitrogens with zero attached hydrogens (tertiary/aromatic N) is 1. The first kappa shape index (κ1) is 18.4. The maximum atomic E-state index is 11.1. The number of benzene rings is 2. The number of rotatable bonds is 5. The predicted molar refractivity (Wildman–Crippen MR) is 105 cm³/mol. The van der Waals surface area contributed by atoms with Crippen LogP contribution in [-0.2, 0) is 4.79 Å². The van der Waals surface area contributed by atoms with Crippen molar-refractivity contribution in [1.29, 1.82) is 0 Å². The molecule has 7 heteroatoms. The molecule has 3 N–H and O–H groups in total. The summed E-state index contributed by atoms with van der Waals surface area (Å²) in [5, 5.41) is 10.4. The molecule has 0 spiro atoms. The molecule has 0 radical (unpaired) electrons. The topological polar surface area (TPSA) is 74.8 Å². The normalized spacial score (nSPS) is 10.8. The van der Waals surface area contributed by atoms with Crippen LogP contribution in [0.5, 0.6) is 5.75 Å². The van der Waals surface area contributed by atoms with Gasteiger partial charge in [0.05, 0.1) is 12.8 Å². The third-order valence-electron chi connectivity index (χ3n) is 3.25. The van der Waals surface area contributed by atoms with Crippen molar-refractivity contribution in [2.24, 2.45) is 5.10 Å². The molecule has 1 amide bonds. The van der Waals surface area contributed by atoms with Gasteiger partial charge in [0.25, 0.3) is 0 Å². The molecule has 2 aromatic rings. The molecule has 0 aliphatic carbocycles. The largest absolute Gasteiger partial charge is 0.497 e. The van der Waals surface area contributed by atoms with E-state index in [0.29, 0.717) is 5.11 Å². The van der Waals surface area contributed by atoms with Gasteiger partial charge in [-0.15, -0.1) is 0 Å². The molecule has 0 aliphatic rings. The fourth-order valence-electron chi connectivity index (χ4n) is 2.08. The number of carbonyl (C=O) groups excluding carboxylic acids is 1. The molecule has 0 saturated carbocycles. The summed E-state index contributed by atoms with van der Waals surface area (Å²) in [5.41, 5.74) is 5.95. The molecular formula is C18H20N4O2S. The standard InChI is InChI=1S/C18H20N4O2S/c1-12(14-6-4-7-15(10-14)19-13(2)23)21-22-18(25)20-16-8-5-9-17(11-16)24-3/h4-11H,1-3H3,(H,19,23)(H2,20,22,25)/b21-12+. The molecule has 0 heterocycles. The van der Waals surface area contributed by atoms with E-state index in [2.05, 4.69) is 21.2 Å². The van der Waals surface area contributed by atoms with E-state index in [1.165, 1.54) is 6.92 Å². The Morgan fingerprint density at radius 2 is 1.72 bits per heavy atom. The van der Waals surface area contributed by atoms with Crippen LogP contribution < -0.4 is 20.8 Å². The molecule has 0 unspecified atom stereocenters. The van der Waals surface area contributed by atoms with Gasteiger partial charge in [0.2, 0.25) is 5.91 Å². The molecule has 6 nitrogen and oxygen atoms in total. The van der Waals surface area contributed by atoms with Gasteiger partial charge in [-0.1, -0.05) is 18.2 Å². The van der Waals surface area contributed by atoms with E-state index in [1.807, 2.05) is 55.5 Å². The fraction of sp³-hybridized carbons (Fsp3) is 0.167. The van der Waals surface area contributed by atoms with Crippen LogP contribution in [0.25, 0.3) is 0 Å². The van der Waals surface area contributed by atoms with Gasteiger partial charge in [0, 0.05) is 24.4 Å². The minimum Gasteiger partial charge on any atom is -0.497 e. The smallest absolute Gasteiger partial charge is 0.221 e. The highest BCUT2D eigenvalue weighted by Crippen LogP contribution is 2.16. The van der Waals surface area contributed by atoms with E-state index in [9.17, 15) is 4.79 Å². The van der Waals surface area contributed by atoms with Gasteiger partial charge in [-0.2, -0.15) is 5.10 Å². The van der Waals surface area contributed by atoms with Gasteiger partial charge in [-0.3, -0.25) is 10.2 Å². The Morgan fingerprint density at radius 1 is 1.04 bits per heavy atom. The Balaban J connectivity index is 2.00. The van der Waals surface area contributed by atoms with Crippen LogP contribution in [0.15, 0.2) is 53.6 Å². The number of amides is 1. The summed E-state index contributed by atoms with van der Waals surface area (Å²) in [5.74, 6) is 0.621. The first-order valence-electron chi connectivity index (χ1n) is 7.61. The summed E-state index contributed by atoms with van der Waals surface area (Å²) >= 11 is 5.24. The lowest BCUT2D eigenvalue weighted by Crippen LogP contribution is -2.25. The van der Waals surface area contributed by atoms with Crippen molar-refractivity contribution in [2.75, 3.05) is 17.7 Å². The molecule has 2 rings (SSSR count). The third kappa shape index (κ3) is 5.89. The van der Waals surface area contributed by atoms with Crippen LogP contribution in [0.4, 0.5) is 11.4 Å². The van der Waals surface area contributed by atoms with Crippen molar-refractivity contribution >= 4 is 40.3 Å². The minimum atomic E-state index is -0.117. The van der Waals surface area contributed by atoms with E-state index in [0.717, 1.165) is 28.4 Å². The summed E-state index contributed by atoms with van der Waals surface area (Å²) in [6.07, 6.45) is 0. The summed E-state index contributed by atoms with van der Waals surface area (Å²) < 4.78 is 5.17. The quantitative estimate of drug-likeness (QED) is 0.435. The van der Waals surface area contributed by atoms with Crippen molar-refractivity contribution in [3.05, 3.63) is 54.1 Å². The summed E-state index contributed by atoms with van der Waals surface area (Å²) in [6.45, 7) is 3.33. The van der Waals surface area contributed by atoms with Crippen molar-refractivity contribution < 1.29 is 9.53 Å². The van der Waals surface area contributed by atoms with Crippen LogP contribution in [0, 0.1) is 0 Å². The van der Waals surface area contributed by atoms with E-state index in [-0.39, 0.29) is 5.91 Å². The summed E-state index contributed by atoms with van der Waals surface area (Å²) in [4.78, 5) is 11.1. The average Bonchev–Trinajstić information content (AvgIpc) is 2.59. The number of methoxy groups -OCH3 is 1. The number of nitrogens with one attached hydrogen (secondary N) is 3. The summed E-state index contributed by atoms with van der Waals surface area (Å²) in [6, 6.07) is 14.9. The number of hydrogen-bond donors (Lipinski definition) is 3. The van der Waals surface area contributed by atoms with Crippen molar-refractivity contribution in [2.45, 2.75) is 13.8 Å². The first-order chi connectivity index (χ1) is 12.0. The number of ether oxygens (including phenoxy) is 1. The highest BCUT2D eigenvalue weighted by atomic mass is 32.1. The maximum absolute atomic E-state index is 11.1. The zero-order valence-electron chi connectivity index (χ0n) is 14.3. The minimum absolute atomic E-state index is 0.117. The molecule has 2 aromatic carbocycles. The monoisotopic (exact) mass is 356 g/mol. The zero-order chi connectivity index (χ0) is 18.2. The molecule has 0 fully saturated rings. The van der Waals surface area contributed by atoms with E-state index >= 15 is 0 Å². The zero-order valence-corrected chi connectivity index (χ0v) is 15.1. The van der Waals surface area contributed by atoms with Gasteiger partial charge < -0.3 is 15.4 Å². The van der Waals surface area contributed by atoms with Crippen molar-refractivity contribution in [3.8, 4) is 5.75 Å². The molecule has 0 bridgehead atoms. The second kappa shape index (κ2) is 8.79. The number of carbonyl (C=O) groups is 1. The van der Waals surface area contributed by atoms with Crippen LogP contribution in [0.1, 0.15) is 19.4 Å². The van der Waals surface area contributed by atoms with Gasteiger partial charge >= 0.3 is 0 Å². The van der Waals surface area contributed by atoms with Gasteiger partial charge in [-0.05, 0) is 49.0 Å². The van der Waals surface area contributed by atoms with Gasteiger partial charge in [-0.25, -0.2) is 0 Å². The highest BCUT2D eigenvalue weighted by molar-refractivity contribution is 7.80. The highest BCUT2D eigenvalue weighted by Gasteiger charge is 2.02. The lowest BCUT2D eigenvalue weighted by Gasteiger charge is -2.10. The van der Waals surface area contributed by atoms with E-state index in [1.54, 1.807) is 7.11 Å². The molecule has 130 valence electrons. The van der Waals surface area contributed by atoms with E-state index in [4.69, 9.17) is 17.0 Å². The lowest BCUT2D eigenvalue weighted by atomic mass is 10.1. The molecule has 0 aromatic heterocycles. The number of hydrogen-bond acceptors (Lipinski definition) is 4. The molecular weight excluding hydrogens is 336 g/mol. The Kier molecular flexibility index (Phi) is 6.47. The molecule has 0 aliphatic heterocycles. The van der Waals surface area contributed by atoms with Crippen molar-refractivity contribution in [3.63, 3.8) is 0 Å². The second-order valence-corrected chi connectivity index (χ2v) is 5.67. The fourth-order valence-corrected chi connectivity index (χ4v) is 2.25. The molecule has 0 saturated heterocycles. The summed E-state index contributed by atoms with van der Waals surface area (Å²) in [7, 11) is 1.61. The van der Waals surface area contributed by atoms with Crippen LogP contribution in [-0.4, -0.2) is 23.8 Å². The molecule has 25 heavy (non-hydrogen) atoms. The third-order valence-corrected chi connectivity index (χ3v) is 3.45. The first-order valence-corrected chi connectivity index (χ1v) is 8.02. The van der Waals surface area contributed by atoms with E-state index < -0.39 is 0 Å². The SMILES string of the molecule is COc1cccc(NC(=S)N/N=C(\C)c2cccc(NC(C)=O)c2)c1. The Hall–Kier alpha value is -2.93. The van der Waals surface area contributed by atoms with Crippen LogP contribution >= 0.6 is 12.2 Å². The van der Waals surface area contributed by atoms with Crippen LogP contribution in [0.3, 0.4) is 0 Å². The van der Waals surface area contributed by atoms with Crippen LogP contribution in [0.2, 0.25) is 0 Å². The number of thiocarbonyl (C=S) groups is 1. The number of anilines is 2. The van der Waals surface area contributed by atoms with Gasteiger partial charge in [0.1, 0.15) is 5.75 Å². The Labute approximate surface area is 152 Å². The second-order valence-electron chi connectivity index (χ2n) is 5.26. The van der Waals surface area contributed by atoms with Crippen molar-refractivity contribution in [1.82, 2.24) is 5.43 Å². The lowest BCUT2D eigenvalue weighted by molar-refractivity contribution is -0.114. The predicted octanol–water partition coefficient (Wildman–Crippen LogP) is 3.36. The number of hydrazone groups is 1. The average molecular weight is 356 g/mol. The van der Waals surface area contributed by atoms with Gasteiger partial charge in [0.15, 0.2) is 5.11 Å². The Bertz CT molecular complexity index is 805. The Morgan fingerprint density at radius 3 is 2.40 bits per heavy atom. The maximum Gasteiger partial charge on any atom is 0.221 e. The molecule has 0 atom stereocenters.